The van der Waals surface area contributed by atoms with Crippen molar-refractivity contribution in [2.24, 2.45) is 5.73 Å². The molecule has 0 saturated carbocycles. The lowest BCUT2D eigenvalue weighted by molar-refractivity contribution is 0.528. The van der Waals surface area contributed by atoms with E-state index in [0.717, 1.165) is 15.8 Å². The number of nitrogens with two attached hydrogens (primary N) is 1. The summed E-state index contributed by atoms with van der Waals surface area (Å²) >= 11 is 1.59. The van der Waals surface area contributed by atoms with E-state index in [1.165, 1.54) is 0 Å². The Kier molecular flexibility index (Phi) is 2.51. The Bertz CT molecular complexity index is 421. The average Bonchev–Trinajstić information content (AvgIpc) is 2.76. The summed E-state index contributed by atoms with van der Waals surface area (Å²) < 4.78 is 5.38. The normalized spacial score (nSPS) is 10.4. The zero-order valence-corrected chi connectivity index (χ0v) is 8.60. The van der Waals surface area contributed by atoms with Crippen LogP contribution in [0.1, 0.15) is 10.6 Å². The van der Waals surface area contributed by atoms with Crippen LogP contribution in [0.15, 0.2) is 22.7 Å². The molecule has 0 fully saturated rings. The first-order chi connectivity index (χ1) is 6.78. The molecule has 0 radical (unpaired) electrons. The maximum atomic E-state index is 5.43. The van der Waals surface area contributed by atoms with Gasteiger partial charge in [0.2, 0.25) is 0 Å². The molecule has 0 saturated heterocycles. The number of nitrogens with zero attached hydrogens (tertiary/aromatic N) is 1. The number of aromatic nitrogens is 1. The fraction of sp³-hybridized carbons (Fsp3) is 0.222. The minimum absolute atomic E-state index is 0.415. The van der Waals surface area contributed by atoms with Crippen LogP contribution in [0.25, 0.3) is 0 Å². The Labute approximate surface area is 85.8 Å². The van der Waals surface area contributed by atoms with E-state index in [2.05, 4.69) is 10.3 Å². The molecular formula is C9H11N3OS. The number of anilines is 2. The number of thiazole rings is 1. The Morgan fingerprint density at radius 1 is 1.57 bits per heavy atom. The first-order valence-corrected chi connectivity index (χ1v) is 5.08. The summed E-state index contributed by atoms with van der Waals surface area (Å²) in [5, 5.41) is 3.90. The predicted octanol–water partition coefficient (Wildman–Crippen LogP) is 2.25. The van der Waals surface area contributed by atoms with Crippen LogP contribution in [-0.4, -0.2) is 4.98 Å². The molecule has 0 unspecified atom stereocenters. The van der Waals surface area contributed by atoms with E-state index >= 15 is 0 Å². The second-order valence-electron chi connectivity index (χ2n) is 2.87. The van der Waals surface area contributed by atoms with Gasteiger partial charge in [-0.25, -0.2) is 4.98 Å². The standard InChI is InChI=1S/C9H11N3OS/c1-6-5-11-9(14-6)12-8-3-2-7(4-10)13-8/h2-3,5H,4,10H2,1H3,(H,11,12). The van der Waals surface area contributed by atoms with Crippen molar-refractivity contribution in [3.05, 3.63) is 29.0 Å². The van der Waals surface area contributed by atoms with Gasteiger partial charge in [0.05, 0.1) is 6.54 Å². The molecule has 0 bridgehead atoms. The maximum absolute atomic E-state index is 5.43. The van der Waals surface area contributed by atoms with Crippen LogP contribution in [0.3, 0.4) is 0 Å². The van der Waals surface area contributed by atoms with Gasteiger partial charge >= 0.3 is 0 Å². The molecule has 74 valence electrons. The van der Waals surface area contributed by atoms with E-state index in [1.54, 1.807) is 11.3 Å². The maximum Gasteiger partial charge on any atom is 0.199 e. The third-order valence-electron chi connectivity index (χ3n) is 1.71. The summed E-state index contributed by atoms with van der Waals surface area (Å²) in [6.45, 7) is 2.43. The molecule has 0 aliphatic rings. The van der Waals surface area contributed by atoms with Crippen LogP contribution in [-0.2, 0) is 6.54 Å². The van der Waals surface area contributed by atoms with Crippen molar-refractivity contribution in [1.29, 1.82) is 0 Å². The second kappa shape index (κ2) is 3.81. The van der Waals surface area contributed by atoms with E-state index in [1.807, 2.05) is 25.3 Å². The van der Waals surface area contributed by atoms with Gasteiger partial charge < -0.3 is 15.5 Å². The van der Waals surface area contributed by atoms with Crippen LogP contribution < -0.4 is 11.1 Å². The number of hydrogen-bond donors (Lipinski definition) is 2. The molecule has 5 heteroatoms. The lowest BCUT2D eigenvalue weighted by Gasteiger charge is -1.95. The molecule has 0 aliphatic carbocycles. The van der Waals surface area contributed by atoms with Gasteiger partial charge in [-0.05, 0) is 13.0 Å². The summed E-state index contributed by atoms with van der Waals surface area (Å²) in [7, 11) is 0. The van der Waals surface area contributed by atoms with Gasteiger partial charge in [0.25, 0.3) is 0 Å². The Hall–Kier alpha value is -1.33. The van der Waals surface area contributed by atoms with Crippen molar-refractivity contribution in [3.8, 4) is 0 Å². The highest BCUT2D eigenvalue weighted by molar-refractivity contribution is 7.15. The third-order valence-corrected chi connectivity index (χ3v) is 2.54. The first kappa shape index (κ1) is 9.23. The fourth-order valence-corrected chi connectivity index (χ4v) is 1.74. The van der Waals surface area contributed by atoms with Gasteiger partial charge in [0.1, 0.15) is 5.76 Å². The lowest BCUT2D eigenvalue weighted by Crippen LogP contribution is -1.93. The molecule has 2 heterocycles. The molecule has 0 atom stereocenters. The van der Waals surface area contributed by atoms with E-state index in [4.69, 9.17) is 10.2 Å². The Morgan fingerprint density at radius 3 is 3.00 bits per heavy atom. The number of nitrogens with one attached hydrogen (secondary N) is 1. The monoisotopic (exact) mass is 209 g/mol. The number of hydrogen-bond acceptors (Lipinski definition) is 5. The zero-order chi connectivity index (χ0) is 9.97. The minimum atomic E-state index is 0.415. The summed E-state index contributed by atoms with van der Waals surface area (Å²) in [5.41, 5.74) is 5.43. The summed E-state index contributed by atoms with van der Waals surface area (Å²) in [4.78, 5) is 5.33. The molecule has 0 amide bonds. The quantitative estimate of drug-likeness (QED) is 0.813. The first-order valence-electron chi connectivity index (χ1n) is 4.26. The van der Waals surface area contributed by atoms with Crippen LogP contribution in [0.2, 0.25) is 0 Å². The van der Waals surface area contributed by atoms with Gasteiger partial charge in [0.15, 0.2) is 11.0 Å². The second-order valence-corrected chi connectivity index (χ2v) is 4.11. The molecule has 2 aromatic rings. The van der Waals surface area contributed by atoms with Gasteiger partial charge in [-0.3, -0.25) is 0 Å². The van der Waals surface area contributed by atoms with Gasteiger partial charge in [-0.15, -0.1) is 11.3 Å². The van der Waals surface area contributed by atoms with E-state index < -0.39 is 0 Å². The largest absolute Gasteiger partial charge is 0.444 e. The van der Waals surface area contributed by atoms with Crippen LogP contribution >= 0.6 is 11.3 Å². The Morgan fingerprint density at radius 2 is 2.43 bits per heavy atom. The number of rotatable bonds is 3. The summed E-state index contributed by atoms with van der Waals surface area (Å²) in [6, 6.07) is 3.70. The van der Waals surface area contributed by atoms with Crippen LogP contribution in [0, 0.1) is 6.92 Å². The Balaban J connectivity index is 2.10. The molecule has 2 aromatic heterocycles. The van der Waals surface area contributed by atoms with Crippen molar-refractivity contribution in [2.75, 3.05) is 5.32 Å². The topological polar surface area (TPSA) is 64.1 Å². The lowest BCUT2D eigenvalue weighted by atomic mass is 10.5. The third kappa shape index (κ3) is 1.94. The summed E-state index contributed by atoms with van der Waals surface area (Å²) in [6.07, 6.45) is 1.82. The molecule has 3 N–H and O–H groups in total. The fourth-order valence-electron chi connectivity index (χ4n) is 1.07. The zero-order valence-electron chi connectivity index (χ0n) is 7.78. The summed E-state index contributed by atoms with van der Waals surface area (Å²) in [5.74, 6) is 1.44. The molecule has 0 aliphatic heterocycles. The van der Waals surface area contributed by atoms with Gasteiger partial charge in [-0.1, -0.05) is 0 Å². The SMILES string of the molecule is Cc1cnc(Nc2ccc(CN)o2)s1. The van der Waals surface area contributed by atoms with Crippen molar-refractivity contribution in [2.45, 2.75) is 13.5 Å². The van der Waals surface area contributed by atoms with Crippen molar-refractivity contribution in [1.82, 2.24) is 4.98 Å². The van der Waals surface area contributed by atoms with Gasteiger partial charge in [0, 0.05) is 17.1 Å². The number of furan rings is 1. The minimum Gasteiger partial charge on any atom is -0.444 e. The van der Waals surface area contributed by atoms with Crippen molar-refractivity contribution >= 4 is 22.4 Å². The molecule has 14 heavy (non-hydrogen) atoms. The average molecular weight is 209 g/mol. The van der Waals surface area contributed by atoms with Crippen LogP contribution in [0.4, 0.5) is 11.0 Å². The van der Waals surface area contributed by atoms with E-state index in [-0.39, 0.29) is 0 Å². The van der Waals surface area contributed by atoms with E-state index in [9.17, 15) is 0 Å². The predicted molar refractivity (Wildman–Crippen MR) is 56.7 cm³/mol. The molecule has 0 aromatic carbocycles. The number of aryl methyl sites for hydroxylation is 1. The molecule has 2 rings (SSSR count). The molecule has 0 spiro atoms. The van der Waals surface area contributed by atoms with Crippen molar-refractivity contribution in [3.63, 3.8) is 0 Å². The van der Waals surface area contributed by atoms with Gasteiger partial charge in [-0.2, -0.15) is 0 Å². The smallest absolute Gasteiger partial charge is 0.199 e. The molecule has 4 nitrogen and oxygen atoms in total. The van der Waals surface area contributed by atoms with Crippen molar-refractivity contribution < 1.29 is 4.42 Å². The van der Waals surface area contributed by atoms with E-state index in [0.29, 0.717) is 12.4 Å². The molecular weight excluding hydrogens is 198 g/mol. The highest BCUT2D eigenvalue weighted by Gasteiger charge is 2.02. The van der Waals surface area contributed by atoms with Crippen LogP contribution in [0.5, 0.6) is 0 Å². The highest BCUT2D eigenvalue weighted by atomic mass is 32.1. The highest BCUT2D eigenvalue weighted by Crippen LogP contribution is 2.23.